The summed E-state index contributed by atoms with van der Waals surface area (Å²) in [7, 11) is 2.04. The standard InChI is InChI=1S/C21H27N3O2/c1-21(2,3)26-20(25)24-11-5-6-17(24)9-10-18-13-16-8-7-15(14-22)12-19(16)23(18)4/h7-8,12-13,17H,5-6,9-11H2,1-4H3/t17-/m0/s1. The molecular formula is C21H27N3O2. The van der Waals surface area contributed by atoms with Crippen molar-refractivity contribution >= 4 is 17.0 Å². The van der Waals surface area contributed by atoms with Gasteiger partial charge in [0.25, 0.3) is 0 Å². The second-order valence-corrected chi connectivity index (χ2v) is 8.09. The van der Waals surface area contributed by atoms with Gasteiger partial charge in [0.05, 0.1) is 11.6 Å². The fourth-order valence-corrected chi connectivity index (χ4v) is 3.71. The Balaban J connectivity index is 1.70. The van der Waals surface area contributed by atoms with Gasteiger partial charge in [0.2, 0.25) is 0 Å². The molecule has 3 rings (SSSR count). The summed E-state index contributed by atoms with van der Waals surface area (Å²) in [4.78, 5) is 14.3. The summed E-state index contributed by atoms with van der Waals surface area (Å²) in [5.74, 6) is 0. The first-order valence-electron chi connectivity index (χ1n) is 9.26. The van der Waals surface area contributed by atoms with Crippen LogP contribution in [0.1, 0.15) is 51.3 Å². The van der Waals surface area contributed by atoms with E-state index in [1.165, 1.54) is 5.69 Å². The topological polar surface area (TPSA) is 58.3 Å². The minimum Gasteiger partial charge on any atom is -0.444 e. The number of amides is 1. The first-order valence-corrected chi connectivity index (χ1v) is 9.26. The van der Waals surface area contributed by atoms with E-state index in [4.69, 9.17) is 10.00 Å². The third-order valence-corrected chi connectivity index (χ3v) is 5.01. The molecule has 0 unspecified atom stereocenters. The highest BCUT2D eigenvalue weighted by Crippen LogP contribution is 2.26. The largest absolute Gasteiger partial charge is 0.444 e. The molecule has 26 heavy (non-hydrogen) atoms. The highest BCUT2D eigenvalue weighted by molar-refractivity contribution is 5.82. The van der Waals surface area contributed by atoms with Gasteiger partial charge in [-0.3, -0.25) is 0 Å². The molecule has 1 saturated heterocycles. The summed E-state index contributed by atoms with van der Waals surface area (Å²) in [6.07, 6.45) is 3.69. The number of fused-ring (bicyclic) bond motifs is 1. The van der Waals surface area contributed by atoms with Gasteiger partial charge in [-0.2, -0.15) is 5.26 Å². The number of hydrogen-bond donors (Lipinski definition) is 0. The average molecular weight is 353 g/mol. The lowest BCUT2D eigenvalue weighted by molar-refractivity contribution is 0.0220. The summed E-state index contributed by atoms with van der Waals surface area (Å²) in [6, 6.07) is 10.4. The smallest absolute Gasteiger partial charge is 0.410 e. The Bertz CT molecular complexity index is 854. The van der Waals surface area contributed by atoms with E-state index in [-0.39, 0.29) is 12.1 Å². The van der Waals surface area contributed by atoms with E-state index < -0.39 is 5.60 Å². The molecule has 5 nitrogen and oxygen atoms in total. The quantitative estimate of drug-likeness (QED) is 0.822. The molecule has 1 aliphatic heterocycles. The SMILES string of the molecule is Cn1c(CC[C@@H]2CCCN2C(=O)OC(C)(C)C)cc2ccc(C#N)cc21. The molecule has 1 aromatic heterocycles. The average Bonchev–Trinajstić information content (AvgIpc) is 3.16. The maximum Gasteiger partial charge on any atom is 0.410 e. The van der Waals surface area contributed by atoms with Crippen molar-refractivity contribution in [2.45, 2.75) is 58.1 Å². The van der Waals surface area contributed by atoms with Crippen LogP contribution in [0.2, 0.25) is 0 Å². The molecular weight excluding hydrogens is 326 g/mol. The van der Waals surface area contributed by atoms with Crippen molar-refractivity contribution in [1.82, 2.24) is 9.47 Å². The molecule has 1 aromatic carbocycles. The Kier molecular flexibility index (Phi) is 4.95. The van der Waals surface area contributed by atoms with Crippen LogP contribution in [-0.2, 0) is 18.2 Å². The lowest BCUT2D eigenvalue weighted by atomic mass is 10.1. The Morgan fingerprint density at radius 1 is 1.35 bits per heavy atom. The molecule has 0 spiro atoms. The molecule has 0 aliphatic carbocycles. The molecule has 138 valence electrons. The van der Waals surface area contributed by atoms with Crippen molar-refractivity contribution in [1.29, 1.82) is 5.26 Å². The number of ether oxygens (including phenoxy) is 1. The Morgan fingerprint density at radius 3 is 2.81 bits per heavy atom. The zero-order valence-corrected chi connectivity index (χ0v) is 16.1. The van der Waals surface area contributed by atoms with Crippen molar-refractivity contribution in [2.75, 3.05) is 6.54 Å². The Labute approximate surface area is 155 Å². The number of hydrogen-bond acceptors (Lipinski definition) is 3. The van der Waals surface area contributed by atoms with Crippen LogP contribution in [0.4, 0.5) is 4.79 Å². The van der Waals surface area contributed by atoms with Crippen LogP contribution >= 0.6 is 0 Å². The third-order valence-electron chi connectivity index (χ3n) is 5.01. The number of benzene rings is 1. The first-order chi connectivity index (χ1) is 12.3. The maximum absolute atomic E-state index is 12.4. The number of nitrogens with zero attached hydrogens (tertiary/aromatic N) is 3. The Hall–Kier alpha value is -2.48. The zero-order chi connectivity index (χ0) is 18.9. The van der Waals surface area contributed by atoms with Gasteiger partial charge < -0.3 is 14.2 Å². The van der Waals surface area contributed by atoms with Crippen molar-refractivity contribution < 1.29 is 9.53 Å². The highest BCUT2D eigenvalue weighted by atomic mass is 16.6. The fourth-order valence-electron chi connectivity index (χ4n) is 3.71. The number of nitriles is 1. The second-order valence-electron chi connectivity index (χ2n) is 8.09. The summed E-state index contributed by atoms with van der Waals surface area (Å²) < 4.78 is 7.71. The summed E-state index contributed by atoms with van der Waals surface area (Å²) in [5.41, 5.74) is 2.52. The van der Waals surface area contributed by atoms with Crippen molar-refractivity contribution in [3.8, 4) is 6.07 Å². The predicted molar refractivity (Wildman–Crippen MR) is 102 cm³/mol. The molecule has 0 N–H and O–H groups in total. The monoisotopic (exact) mass is 353 g/mol. The van der Waals surface area contributed by atoms with Gasteiger partial charge in [-0.15, -0.1) is 0 Å². The van der Waals surface area contributed by atoms with Crippen LogP contribution in [0, 0.1) is 11.3 Å². The molecule has 1 fully saturated rings. The van der Waals surface area contributed by atoms with E-state index in [0.717, 1.165) is 43.1 Å². The number of carbonyl (C=O) groups is 1. The first kappa shape index (κ1) is 18.3. The third kappa shape index (κ3) is 3.85. The molecule has 0 saturated carbocycles. The van der Waals surface area contributed by atoms with Gasteiger partial charge >= 0.3 is 6.09 Å². The summed E-state index contributed by atoms with van der Waals surface area (Å²) in [5, 5.41) is 10.2. The van der Waals surface area contributed by atoms with Gasteiger partial charge in [0.15, 0.2) is 0 Å². The number of likely N-dealkylation sites (tertiary alicyclic amines) is 1. The van der Waals surface area contributed by atoms with Gasteiger partial charge in [-0.25, -0.2) is 4.79 Å². The van der Waals surface area contributed by atoms with Crippen LogP contribution in [0.15, 0.2) is 24.3 Å². The van der Waals surface area contributed by atoms with Crippen molar-refractivity contribution in [2.24, 2.45) is 7.05 Å². The number of rotatable bonds is 3. The van der Waals surface area contributed by atoms with Gasteiger partial charge in [0, 0.05) is 30.8 Å². The molecule has 5 heteroatoms. The van der Waals surface area contributed by atoms with Crippen LogP contribution in [0.5, 0.6) is 0 Å². The zero-order valence-electron chi connectivity index (χ0n) is 16.1. The van der Waals surface area contributed by atoms with Crippen LogP contribution in [0.25, 0.3) is 10.9 Å². The van der Waals surface area contributed by atoms with E-state index in [1.807, 2.05) is 50.9 Å². The van der Waals surface area contributed by atoms with E-state index in [1.54, 1.807) is 0 Å². The molecule has 1 aliphatic rings. The number of aromatic nitrogens is 1. The van der Waals surface area contributed by atoms with Gasteiger partial charge in [-0.1, -0.05) is 6.07 Å². The second kappa shape index (κ2) is 7.03. The normalized spacial score (nSPS) is 17.5. The molecule has 2 aromatic rings. The number of carbonyl (C=O) groups excluding carboxylic acids is 1. The molecule has 1 atom stereocenters. The minimum atomic E-state index is -0.460. The fraction of sp³-hybridized carbons (Fsp3) is 0.524. The minimum absolute atomic E-state index is 0.198. The summed E-state index contributed by atoms with van der Waals surface area (Å²) in [6.45, 7) is 6.49. The highest BCUT2D eigenvalue weighted by Gasteiger charge is 2.31. The van der Waals surface area contributed by atoms with E-state index >= 15 is 0 Å². The van der Waals surface area contributed by atoms with Crippen molar-refractivity contribution in [3.63, 3.8) is 0 Å². The van der Waals surface area contributed by atoms with Crippen molar-refractivity contribution in [3.05, 3.63) is 35.5 Å². The molecule has 1 amide bonds. The van der Waals surface area contributed by atoms with Crippen LogP contribution in [0.3, 0.4) is 0 Å². The lowest BCUT2D eigenvalue weighted by Crippen LogP contribution is -2.40. The van der Waals surface area contributed by atoms with Crippen LogP contribution < -0.4 is 0 Å². The predicted octanol–water partition coefficient (Wildman–Crippen LogP) is 4.38. The van der Waals surface area contributed by atoms with Gasteiger partial charge in [-0.05, 0) is 70.0 Å². The summed E-state index contributed by atoms with van der Waals surface area (Å²) >= 11 is 0. The van der Waals surface area contributed by atoms with E-state index in [2.05, 4.69) is 16.7 Å². The molecule has 2 heterocycles. The lowest BCUT2D eigenvalue weighted by Gasteiger charge is -2.28. The van der Waals surface area contributed by atoms with Gasteiger partial charge in [0.1, 0.15) is 5.60 Å². The number of aryl methyl sites for hydroxylation is 2. The molecule has 0 radical (unpaired) electrons. The van der Waals surface area contributed by atoms with E-state index in [0.29, 0.717) is 5.56 Å². The maximum atomic E-state index is 12.4. The van der Waals surface area contributed by atoms with E-state index in [9.17, 15) is 4.79 Å². The molecule has 0 bridgehead atoms. The Morgan fingerprint density at radius 2 is 2.12 bits per heavy atom. The van der Waals surface area contributed by atoms with Crippen LogP contribution in [-0.4, -0.2) is 33.7 Å².